The third-order valence-electron chi connectivity index (χ3n) is 10.5. The minimum atomic E-state index is -1.60. The quantitative estimate of drug-likeness (QED) is 0.0488. The number of carbonyl (C=O) groups is 2. The lowest BCUT2D eigenvalue weighted by Crippen LogP contribution is -2.22. The zero-order valence-corrected chi connectivity index (χ0v) is 37.0. The first kappa shape index (κ1) is 44.8. The van der Waals surface area contributed by atoms with Crippen molar-refractivity contribution in [2.45, 2.75) is 44.6 Å². The number of benzene rings is 4. The van der Waals surface area contributed by atoms with E-state index in [1.807, 2.05) is 72.8 Å². The smallest absolute Gasteiger partial charge is 0.337 e. The predicted molar refractivity (Wildman–Crippen MR) is 247 cm³/mol. The second-order valence-electron chi connectivity index (χ2n) is 16.2. The Morgan fingerprint density at radius 1 is 0.734 bits per heavy atom. The first-order valence-electron chi connectivity index (χ1n) is 20.4. The van der Waals surface area contributed by atoms with E-state index in [9.17, 15) is 24.9 Å². The Balaban J connectivity index is 0.000000197. The number of nitrogens with two attached hydrogens (primary N) is 1. The molecule has 328 valence electrons. The number of primary amides is 1. The number of nitrogens with one attached hydrogen (secondary N) is 1. The maximum Gasteiger partial charge on any atom is 0.337 e. The molecule has 64 heavy (non-hydrogen) atoms. The minimum Gasteiger partial charge on any atom is -0.496 e. The summed E-state index contributed by atoms with van der Waals surface area (Å²) in [6, 6.07) is 34.2. The predicted octanol–water partition coefficient (Wildman–Crippen LogP) is 8.02. The number of hydrogen-bond donors (Lipinski definition) is 5. The van der Waals surface area contributed by atoms with Gasteiger partial charge in [-0.15, -0.1) is 0 Å². The number of carboxylic acids is 1. The minimum absolute atomic E-state index is 0.281. The number of hydrogen-bond acceptors (Lipinski definition) is 11. The lowest BCUT2D eigenvalue weighted by Gasteiger charge is -2.15. The second-order valence-corrected chi connectivity index (χ2v) is 21.8. The van der Waals surface area contributed by atoms with Crippen LogP contribution < -0.4 is 15.2 Å². The molecule has 0 fully saturated rings. The van der Waals surface area contributed by atoms with Crippen LogP contribution in [0.15, 0.2) is 122 Å². The number of rotatable bonds is 15. The van der Waals surface area contributed by atoms with Crippen LogP contribution in [-0.4, -0.2) is 86.0 Å². The number of aliphatic hydroxyl groups is 2. The number of amides is 1. The van der Waals surface area contributed by atoms with E-state index in [-0.39, 0.29) is 6.73 Å². The summed E-state index contributed by atoms with van der Waals surface area (Å²) in [5.74, 6) is -0.667. The van der Waals surface area contributed by atoms with E-state index in [1.165, 1.54) is 0 Å². The van der Waals surface area contributed by atoms with Gasteiger partial charge < -0.3 is 35.3 Å². The summed E-state index contributed by atoms with van der Waals surface area (Å²) in [4.78, 5) is 31.7. The van der Waals surface area contributed by atoms with Crippen molar-refractivity contribution >= 4 is 42.0 Å². The molecule has 2 unspecified atom stereocenters. The number of ether oxygens (including phenoxy) is 3. The Morgan fingerprint density at radius 3 is 1.92 bits per heavy atom. The largest absolute Gasteiger partial charge is 0.496 e. The molecule has 15 nitrogen and oxygen atoms in total. The highest BCUT2D eigenvalue weighted by Crippen LogP contribution is 2.37. The van der Waals surface area contributed by atoms with Crippen LogP contribution in [0.2, 0.25) is 25.7 Å². The van der Waals surface area contributed by atoms with Crippen LogP contribution in [0.4, 0.5) is 0 Å². The SMILES string of the molecule is COc1ccccc1-c1[nH]nc2ncc(-c3cccc(C(O)C(N)=O)c3)cc12.COc1ccccc1-c1nn(COCC[Si](C)(C)C)c2ncc(-c3cccc(C(O)C(=O)O)c3)cc12. The summed E-state index contributed by atoms with van der Waals surface area (Å²) in [7, 11) is 2.03. The van der Waals surface area contributed by atoms with Gasteiger partial charge in [0.2, 0.25) is 0 Å². The maximum atomic E-state index is 11.3. The van der Waals surface area contributed by atoms with Crippen LogP contribution in [0.1, 0.15) is 23.3 Å². The maximum absolute atomic E-state index is 11.3. The molecule has 0 saturated carbocycles. The highest BCUT2D eigenvalue weighted by atomic mass is 28.3. The molecule has 4 heterocycles. The summed E-state index contributed by atoms with van der Waals surface area (Å²) in [5, 5.41) is 42.9. The lowest BCUT2D eigenvalue weighted by molar-refractivity contribution is -0.147. The van der Waals surface area contributed by atoms with E-state index in [0.29, 0.717) is 40.5 Å². The Hall–Kier alpha value is -7.24. The van der Waals surface area contributed by atoms with Crippen molar-refractivity contribution in [3.05, 3.63) is 133 Å². The average Bonchev–Trinajstić information content (AvgIpc) is 3.90. The number of methoxy groups -OCH3 is 2. The van der Waals surface area contributed by atoms with E-state index < -0.39 is 32.2 Å². The molecule has 0 spiro atoms. The summed E-state index contributed by atoms with van der Waals surface area (Å²) in [6.07, 6.45) is 0.475. The fourth-order valence-electron chi connectivity index (χ4n) is 7.07. The number of aromatic amines is 1. The molecular weight excluding hydrogens is 831 g/mol. The van der Waals surface area contributed by atoms with Gasteiger partial charge in [-0.3, -0.25) is 9.89 Å². The zero-order chi connectivity index (χ0) is 45.5. The number of carbonyl (C=O) groups excluding carboxylic acids is 1. The molecular formula is C48H49N7O8Si. The number of pyridine rings is 2. The molecule has 1 amide bonds. The van der Waals surface area contributed by atoms with Crippen LogP contribution in [0, 0.1) is 0 Å². The van der Waals surface area contributed by atoms with Gasteiger partial charge in [0.05, 0.1) is 19.9 Å². The molecule has 16 heteroatoms. The Morgan fingerprint density at radius 2 is 1.31 bits per heavy atom. The van der Waals surface area contributed by atoms with E-state index >= 15 is 0 Å². The molecule has 0 saturated heterocycles. The molecule has 4 aromatic carbocycles. The van der Waals surface area contributed by atoms with E-state index in [0.717, 1.165) is 61.6 Å². The second kappa shape index (κ2) is 19.4. The molecule has 0 bridgehead atoms. The number of fused-ring (bicyclic) bond motifs is 2. The van der Waals surface area contributed by atoms with Gasteiger partial charge in [-0.2, -0.15) is 10.2 Å². The highest BCUT2D eigenvalue weighted by Gasteiger charge is 2.21. The number of aliphatic hydroxyl groups excluding tert-OH is 2. The van der Waals surface area contributed by atoms with E-state index in [2.05, 4.69) is 34.8 Å². The number of aromatic nitrogens is 6. The van der Waals surface area contributed by atoms with Gasteiger partial charge in [0.15, 0.2) is 23.5 Å². The summed E-state index contributed by atoms with van der Waals surface area (Å²) < 4.78 is 18.8. The van der Waals surface area contributed by atoms with Gasteiger partial charge in [-0.05, 0) is 76.8 Å². The van der Waals surface area contributed by atoms with Crippen molar-refractivity contribution in [2.75, 3.05) is 20.8 Å². The van der Waals surface area contributed by atoms with Gasteiger partial charge in [0.1, 0.15) is 23.9 Å². The van der Waals surface area contributed by atoms with Gasteiger partial charge in [-0.1, -0.05) is 80.3 Å². The first-order valence-corrected chi connectivity index (χ1v) is 24.1. The van der Waals surface area contributed by atoms with Crippen LogP contribution in [-0.2, 0) is 21.1 Å². The van der Waals surface area contributed by atoms with Crippen molar-refractivity contribution in [2.24, 2.45) is 5.73 Å². The fourth-order valence-corrected chi connectivity index (χ4v) is 7.83. The molecule has 0 aliphatic heterocycles. The monoisotopic (exact) mass is 879 g/mol. The zero-order valence-electron chi connectivity index (χ0n) is 36.0. The number of para-hydroxylation sites is 2. The third kappa shape index (κ3) is 10.0. The number of H-pyrrole nitrogens is 1. The molecule has 2 atom stereocenters. The average molecular weight is 880 g/mol. The molecule has 6 N–H and O–H groups in total. The molecule has 0 radical (unpaired) electrons. The number of nitrogens with zero attached hydrogens (tertiary/aromatic N) is 5. The van der Waals surface area contributed by atoms with E-state index in [4.69, 9.17) is 30.0 Å². The highest BCUT2D eigenvalue weighted by molar-refractivity contribution is 6.76. The molecule has 8 rings (SSSR count). The van der Waals surface area contributed by atoms with Crippen LogP contribution >= 0.6 is 0 Å². The fraction of sp³-hybridized carbons (Fsp3) is 0.208. The Bertz CT molecular complexity index is 2940. The molecule has 0 aliphatic rings. The van der Waals surface area contributed by atoms with Crippen molar-refractivity contribution < 1.29 is 39.1 Å². The molecule has 8 aromatic rings. The van der Waals surface area contributed by atoms with Crippen molar-refractivity contribution in [1.29, 1.82) is 0 Å². The van der Waals surface area contributed by atoms with Gasteiger partial charge in [0, 0.05) is 60.1 Å². The number of aliphatic carboxylic acids is 1. The molecule has 0 aliphatic carbocycles. The summed E-state index contributed by atoms with van der Waals surface area (Å²) in [6.45, 7) is 7.88. The standard InChI is InChI=1S/C27H31N3O5Si.C21H18N4O3/c1-34-23-11-6-5-10-21(23)24-22-15-20(18-8-7-9-19(14-18)25(31)27(32)33)16-28-26(22)30(29-24)17-35-12-13-36(2,3)4;1-28-17-8-3-2-7-15(17)18-16-10-14(11-23-21(16)25-24-18)12-5-4-6-13(9-12)19(26)20(22)27/h5-11,14-16,25,31H,12-13,17H2,1-4H3,(H,32,33);2-11,19,26H,1H3,(H2,22,27)(H,23,24,25). The third-order valence-corrected chi connectivity index (χ3v) is 12.2. The normalized spacial score (nSPS) is 12.4. The molecule has 4 aromatic heterocycles. The Labute approximate surface area is 370 Å². The van der Waals surface area contributed by atoms with Gasteiger partial charge >= 0.3 is 5.97 Å². The van der Waals surface area contributed by atoms with Crippen LogP contribution in [0.3, 0.4) is 0 Å². The van der Waals surface area contributed by atoms with Crippen molar-refractivity contribution in [3.8, 4) is 56.3 Å². The van der Waals surface area contributed by atoms with Gasteiger partial charge in [-0.25, -0.2) is 19.4 Å². The van der Waals surface area contributed by atoms with Gasteiger partial charge in [0.25, 0.3) is 5.91 Å². The topological polar surface area (TPSA) is 221 Å². The lowest BCUT2D eigenvalue weighted by atomic mass is 10.00. The van der Waals surface area contributed by atoms with Crippen molar-refractivity contribution in [3.63, 3.8) is 0 Å². The Kier molecular flexibility index (Phi) is 13.6. The summed E-state index contributed by atoms with van der Waals surface area (Å²) >= 11 is 0. The van der Waals surface area contributed by atoms with E-state index in [1.54, 1.807) is 67.7 Å². The van der Waals surface area contributed by atoms with Crippen LogP contribution in [0.5, 0.6) is 11.5 Å². The first-order chi connectivity index (χ1) is 30.8. The van der Waals surface area contributed by atoms with Crippen molar-refractivity contribution in [1.82, 2.24) is 29.9 Å². The summed E-state index contributed by atoms with van der Waals surface area (Å²) in [5.41, 5.74) is 13.6. The van der Waals surface area contributed by atoms with Crippen LogP contribution in [0.25, 0.3) is 66.8 Å². The number of carboxylic acid groups (broad SMARTS) is 1.